The van der Waals surface area contributed by atoms with Crippen LogP contribution in [-0.2, 0) is 4.74 Å². The normalized spacial score (nSPS) is 25.4. The van der Waals surface area contributed by atoms with Crippen LogP contribution in [-0.4, -0.2) is 38.7 Å². The molecule has 2 aromatic heterocycles. The van der Waals surface area contributed by atoms with Crippen LogP contribution >= 0.6 is 0 Å². The number of anilines is 2. The van der Waals surface area contributed by atoms with Crippen LogP contribution in [0.4, 0.5) is 24.5 Å². The van der Waals surface area contributed by atoms with E-state index in [0.717, 1.165) is 30.7 Å². The number of halogens is 3. The van der Waals surface area contributed by atoms with Crippen LogP contribution in [0, 0.1) is 17.5 Å². The number of nitrogens with one attached hydrogen (secondary N) is 1. The van der Waals surface area contributed by atoms with Gasteiger partial charge in [-0.2, -0.15) is 0 Å². The summed E-state index contributed by atoms with van der Waals surface area (Å²) in [6.07, 6.45) is 4.30. The van der Waals surface area contributed by atoms with E-state index in [1.807, 2.05) is 0 Å². The Morgan fingerprint density at radius 1 is 1.19 bits per heavy atom. The number of amides is 1. The van der Waals surface area contributed by atoms with Crippen molar-refractivity contribution in [1.82, 2.24) is 9.97 Å². The number of carbonyl (C=O) groups excluding carboxylic acids is 1. The Labute approximate surface area is 204 Å². The van der Waals surface area contributed by atoms with Crippen molar-refractivity contribution < 1.29 is 27.8 Å². The number of benzene rings is 1. The SMILES string of the molecule is Nc1cc(F)c(-c2c(F)cccc2F)nc1C(=O)Nc1cnccc1[C@H]1C[C@@H](N)[C@@]2(O)CCC[C@H]2O1. The molecule has 0 bridgehead atoms. The number of nitrogens with two attached hydrogens (primary N) is 2. The predicted molar refractivity (Wildman–Crippen MR) is 125 cm³/mol. The lowest BCUT2D eigenvalue weighted by Gasteiger charge is -2.44. The monoisotopic (exact) mass is 499 g/mol. The Bertz CT molecular complexity index is 1320. The molecule has 11 heteroatoms. The van der Waals surface area contributed by atoms with Gasteiger partial charge in [0.05, 0.1) is 35.3 Å². The van der Waals surface area contributed by atoms with E-state index in [0.29, 0.717) is 24.8 Å². The highest BCUT2D eigenvalue weighted by Crippen LogP contribution is 2.45. The van der Waals surface area contributed by atoms with Gasteiger partial charge in [0.1, 0.15) is 22.9 Å². The molecular formula is C25H24F3N5O3. The minimum Gasteiger partial charge on any atom is -0.397 e. The molecule has 1 saturated carbocycles. The third kappa shape index (κ3) is 4.08. The fraction of sp³-hybridized carbons (Fsp3) is 0.320. The maximum atomic E-state index is 14.6. The fourth-order valence-corrected chi connectivity index (χ4v) is 5.04. The van der Waals surface area contributed by atoms with Gasteiger partial charge in [0.2, 0.25) is 0 Å². The first-order chi connectivity index (χ1) is 17.2. The van der Waals surface area contributed by atoms with Gasteiger partial charge in [-0.25, -0.2) is 18.2 Å². The molecule has 4 atom stereocenters. The summed E-state index contributed by atoms with van der Waals surface area (Å²) in [5.74, 6) is -3.99. The van der Waals surface area contributed by atoms with Gasteiger partial charge in [-0.1, -0.05) is 6.07 Å². The average molecular weight is 499 g/mol. The molecule has 8 nitrogen and oxygen atoms in total. The van der Waals surface area contributed by atoms with Crippen molar-refractivity contribution in [1.29, 1.82) is 0 Å². The Kier molecular flexibility index (Phi) is 6.15. The second kappa shape index (κ2) is 9.16. The minimum absolute atomic E-state index is 0.271. The molecule has 188 valence electrons. The highest BCUT2D eigenvalue weighted by atomic mass is 19.1. The van der Waals surface area contributed by atoms with Gasteiger partial charge in [0, 0.05) is 23.9 Å². The number of ether oxygens (including phenoxy) is 1. The molecule has 36 heavy (non-hydrogen) atoms. The van der Waals surface area contributed by atoms with Crippen molar-refractivity contribution in [2.75, 3.05) is 11.1 Å². The Morgan fingerprint density at radius 2 is 1.94 bits per heavy atom. The average Bonchev–Trinajstić information content (AvgIpc) is 3.22. The van der Waals surface area contributed by atoms with Crippen molar-refractivity contribution in [3.8, 4) is 11.3 Å². The lowest BCUT2D eigenvalue weighted by Crippen LogP contribution is -2.58. The van der Waals surface area contributed by atoms with Gasteiger partial charge in [-0.05, 0) is 43.9 Å². The number of nitrogens with zero attached hydrogens (tertiary/aromatic N) is 2. The number of aliphatic hydroxyl groups is 1. The smallest absolute Gasteiger partial charge is 0.276 e. The van der Waals surface area contributed by atoms with Gasteiger partial charge in [-0.3, -0.25) is 9.78 Å². The van der Waals surface area contributed by atoms with Crippen LogP contribution in [0.25, 0.3) is 11.3 Å². The summed E-state index contributed by atoms with van der Waals surface area (Å²) in [6.45, 7) is 0. The summed E-state index contributed by atoms with van der Waals surface area (Å²) in [4.78, 5) is 21.1. The summed E-state index contributed by atoms with van der Waals surface area (Å²) < 4.78 is 49.3. The highest BCUT2D eigenvalue weighted by molar-refractivity contribution is 6.06. The number of carbonyl (C=O) groups is 1. The van der Waals surface area contributed by atoms with E-state index in [4.69, 9.17) is 16.2 Å². The van der Waals surface area contributed by atoms with Crippen molar-refractivity contribution >= 4 is 17.3 Å². The number of pyridine rings is 2. The Balaban J connectivity index is 1.46. The Morgan fingerprint density at radius 3 is 2.69 bits per heavy atom. The number of fused-ring (bicyclic) bond motifs is 1. The van der Waals surface area contributed by atoms with Crippen LogP contribution in [0.15, 0.2) is 42.7 Å². The molecule has 2 aliphatic rings. The number of rotatable bonds is 4. The Hall–Kier alpha value is -3.54. The highest BCUT2D eigenvalue weighted by Gasteiger charge is 2.51. The van der Waals surface area contributed by atoms with E-state index >= 15 is 0 Å². The molecule has 1 saturated heterocycles. The molecular weight excluding hydrogens is 475 g/mol. The molecule has 1 aliphatic carbocycles. The minimum atomic E-state index is -1.09. The van der Waals surface area contributed by atoms with Crippen LogP contribution in [0.2, 0.25) is 0 Å². The second-order valence-corrected chi connectivity index (χ2v) is 9.11. The lowest BCUT2D eigenvalue weighted by atomic mass is 9.83. The molecule has 3 aromatic rings. The zero-order valence-electron chi connectivity index (χ0n) is 19.0. The van der Waals surface area contributed by atoms with Crippen LogP contribution in [0.5, 0.6) is 0 Å². The number of nitrogen functional groups attached to an aromatic ring is 1. The van der Waals surface area contributed by atoms with Gasteiger partial charge in [0.15, 0.2) is 11.5 Å². The van der Waals surface area contributed by atoms with Crippen LogP contribution in [0.1, 0.15) is 47.8 Å². The third-order valence-corrected chi connectivity index (χ3v) is 6.91. The number of aromatic nitrogens is 2. The molecule has 6 N–H and O–H groups in total. The number of hydrogen-bond acceptors (Lipinski definition) is 7. The summed E-state index contributed by atoms with van der Waals surface area (Å²) in [6, 6.07) is 4.97. The fourth-order valence-electron chi connectivity index (χ4n) is 5.04. The van der Waals surface area contributed by atoms with Crippen LogP contribution < -0.4 is 16.8 Å². The van der Waals surface area contributed by atoms with E-state index in [1.165, 1.54) is 12.4 Å². The molecule has 1 aliphatic heterocycles. The molecule has 0 spiro atoms. The van der Waals surface area contributed by atoms with E-state index < -0.39 is 64.2 Å². The molecule has 2 fully saturated rings. The predicted octanol–water partition coefficient (Wildman–Crippen LogP) is 3.47. The first-order valence-electron chi connectivity index (χ1n) is 11.5. The standard InChI is InChI=1S/C25H24F3N5O3/c26-13-3-1-4-14(27)21(13)22-15(28)9-16(29)23(33-22)24(34)32-17-11-31-8-6-12(17)18-10-19(30)25(35)7-2-5-20(25)36-18/h1,3-4,6,8-9,11,18-20,35H,2,5,7,10,29-30H2,(H,32,34)/t18-,19-,20-,25+/m1/s1. The van der Waals surface area contributed by atoms with Gasteiger partial charge in [-0.15, -0.1) is 0 Å². The van der Waals surface area contributed by atoms with Gasteiger partial charge >= 0.3 is 0 Å². The molecule has 5 rings (SSSR count). The lowest BCUT2D eigenvalue weighted by molar-refractivity contribution is -0.171. The van der Waals surface area contributed by atoms with E-state index in [2.05, 4.69) is 15.3 Å². The van der Waals surface area contributed by atoms with Gasteiger partial charge in [0.25, 0.3) is 5.91 Å². The third-order valence-electron chi connectivity index (χ3n) is 6.91. The quantitative estimate of drug-likeness (QED) is 0.432. The van der Waals surface area contributed by atoms with E-state index in [-0.39, 0.29) is 11.4 Å². The molecule has 1 amide bonds. The van der Waals surface area contributed by atoms with Crippen molar-refractivity contribution in [3.63, 3.8) is 0 Å². The van der Waals surface area contributed by atoms with Crippen molar-refractivity contribution in [2.24, 2.45) is 5.73 Å². The maximum absolute atomic E-state index is 14.6. The van der Waals surface area contributed by atoms with Crippen LogP contribution in [0.3, 0.4) is 0 Å². The number of hydrogen-bond donors (Lipinski definition) is 4. The zero-order chi connectivity index (χ0) is 25.6. The summed E-state index contributed by atoms with van der Waals surface area (Å²) >= 11 is 0. The first-order valence-corrected chi connectivity index (χ1v) is 11.5. The first kappa shape index (κ1) is 24.2. The summed E-state index contributed by atoms with van der Waals surface area (Å²) in [5.41, 5.74) is 9.76. The van der Waals surface area contributed by atoms with E-state index in [9.17, 15) is 23.1 Å². The van der Waals surface area contributed by atoms with Crippen molar-refractivity contribution in [3.05, 3.63) is 71.4 Å². The topological polar surface area (TPSA) is 136 Å². The summed E-state index contributed by atoms with van der Waals surface area (Å²) in [7, 11) is 0. The summed E-state index contributed by atoms with van der Waals surface area (Å²) in [5, 5.41) is 13.5. The molecule has 1 aromatic carbocycles. The molecule has 0 radical (unpaired) electrons. The maximum Gasteiger partial charge on any atom is 0.276 e. The molecule has 3 heterocycles. The van der Waals surface area contributed by atoms with E-state index in [1.54, 1.807) is 6.07 Å². The van der Waals surface area contributed by atoms with Gasteiger partial charge < -0.3 is 26.6 Å². The molecule has 0 unspecified atom stereocenters. The second-order valence-electron chi connectivity index (χ2n) is 9.11. The van der Waals surface area contributed by atoms with Crippen molar-refractivity contribution in [2.45, 2.75) is 49.5 Å². The largest absolute Gasteiger partial charge is 0.397 e. The zero-order valence-corrected chi connectivity index (χ0v) is 19.0.